The van der Waals surface area contributed by atoms with Gasteiger partial charge in [0.05, 0.1) is 18.8 Å². The second-order valence-corrected chi connectivity index (χ2v) is 7.16. The monoisotopic (exact) mass is 543 g/mol. The van der Waals surface area contributed by atoms with Crippen molar-refractivity contribution in [3.8, 4) is 5.75 Å². The number of fused-ring (bicyclic) bond motifs is 1. The van der Waals surface area contributed by atoms with Gasteiger partial charge in [-0.3, -0.25) is 0 Å². The van der Waals surface area contributed by atoms with Crippen LogP contribution in [0.2, 0.25) is 0 Å². The number of carbonyl (C=O) groups excluding carboxylic acids is 2. The Labute approximate surface area is 192 Å². The summed E-state index contributed by atoms with van der Waals surface area (Å²) in [5.41, 5.74) is -0.161. The summed E-state index contributed by atoms with van der Waals surface area (Å²) in [5.74, 6) is -1.42. The number of esters is 1. The lowest BCUT2D eigenvalue weighted by molar-refractivity contribution is -0.758. The highest BCUT2D eigenvalue weighted by Crippen LogP contribution is 2.40. The maximum atomic E-state index is 13.5. The van der Waals surface area contributed by atoms with E-state index in [0.717, 1.165) is 6.08 Å². The van der Waals surface area contributed by atoms with Crippen LogP contribution in [0.5, 0.6) is 5.75 Å². The van der Waals surface area contributed by atoms with Crippen LogP contribution in [0.4, 0.5) is 18.0 Å². The molecule has 182 valence electrons. The highest BCUT2D eigenvalue weighted by Gasteiger charge is 2.49. The van der Waals surface area contributed by atoms with E-state index in [1.807, 2.05) is 0 Å². The molecule has 2 rings (SSSR count). The van der Waals surface area contributed by atoms with Crippen molar-refractivity contribution in [2.24, 2.45) is 0 Å². The van der Waals surface area contributed by atoms with Crippen LogP contribution in [0.25, 0.3) is 6.08 Å². The standard InChI is InChI=1S/C18H17BrF3NO10/c1-10-6-12(19)7-11-8-13(15(18(20,21)22)33-14(10)11)16(24)30-9-31-17(25)29-4-2-28-3-5-32-23(26)27/h6-8,15H,2-5,9H2,1H3. The minimum absolute atomic E-state index is 0.0240. The van der Waals surface area contributed by atoms with E-state index >= 15 is 0 Å². The van der Waals surface area contributed by atoms with Crippen LogP contribution in [-0.4, -0.2) is 62.7 Å². The van der Waals surface area contributed by atoms with Crippen molar-refractivity contribution in [1.29, 1.82) is 0 Å². The lowest BCUT2D eigenvalue weighted by Gasteiger charge is -2.28. The summed E-state index contributed by atoms with van der Waals surface area (Å²) in [5, 5.41) is 8.92. The molecule has 0 N–H and O–H groups in total. The second kappa shape index (κ2) is 11.7. The molecule has 0 bridgehead atoms. The molecule has 1 unspecified atom stereocenters. The van der Waals surface area contributed by atoms with E-state index in [4.69, 9.17) is 9.47 Å². The van der Waals surface area contributed by atoms with Gasteiger partial charge in [-0.1, -0.05) is 15.9 Å². The molecule has 0 amide bonds. The number of rotatable bonds is 10. The molecule has 15 heteroatoms. The maximum absolute atomic E-state index is 13.5. The van der Waals surface area contributed by atoms with Crippen molar-refractivity contribution in [2.75, 3.05) is 33.2 Å². The molecule has 11 nitrogen and oxygen atoms in total. The van der Waals surface area contributed by atoms with Gasteiger partial charge in [0.15, 0.2) is 0 Å². The number of halogens is 4. The van der Waals surface area contributed by atoms with Crippen molar-refractivity contribution in [3.05, 3.63) is 43.4 Å². The Morgan fingerprint density at radius 3 is 2.52 bits per heavy atom. The van der Waals surface area contributed by atoms with Gasteiger partial charge in [0.1, 0.15) is 19.0 Å². The van der Waals surface area contributed by atoms with Gasteiger partial charge in [-0.05, 0) is 30.7 Å². The van der Waals surface area contributed by atoms with E-state index in [2.05, 4.69) is 35.0 Å². The summed E-state index contributed by atoms with van der Waals surface area (Å²) < 4.78 is 64.5. The van der Waals surface area contributed by atoms with Gasteiger partial charge in [-0.15, -0.1) is 10.1 Å². The lowest BCUT2D eigenvalue weighted by atomic mass is 9.99. The number of benzene rings is 1. The van der Waals surface area contributed by atoms with Gasteiger partial charge >= 0.3 is 18.3 Å². The third-order valence-electron chi connectivity index (χ3n) is 3.87. The number of hydrogen-bond acceptors (Lipinski definition) is 10. The second-order valence-electron chi connectivity index (χ2n) is 6.24. The fourth-order valence-electron chi connectivity index (χ4n) is 2.57. The predicted octanol–water partition coefficient (Wildman–Crippen LogP) is 3.34. The van der Waals surface area contributed by atoms with Crippen LogP contribution in [0.1, 0.15) is 11.1 Å². The third-order valence-corrected chi connectivity index (χ3v) is 4.33. The van der Waals surface area contributed by atoms with Crippen molar-refractivity contribution in [2.45, 2.75) is 19.2 Å². The van der Waals surface area contributed by atoms with Crippen molar-refractivity contribution in [3.63, 3.8) is 0 Å². The van der Waals surface area contributed by atoms with E-state index in [9.17, 15) is 32.9 Å². The Balaban J connectivity index is 1.85. The SMILES string of the molecule is Cc1cc(Br)cc2c1OC(C(F)(F)F)C(C(=O)OCOC(=O)OCCOCCO[N+](=O)[O-])=C2. The van der Waals surface area contributed by atoms with Crippen LogP contribution >= 0.6 is 15.9 Å². The Morgan fingerprint density at radius 1 is 1.15 bits per heavy atom. The van der Waals surface area contributed by atoms with Crippen LogP contribution in [0.3, 0.4) is 0 Å². The summed E-state index contributed by atoms with van der Waals surface area (Å²) in [4.78, 5) is 37.5. The van der Waals surface area contributed by atoms with Crippen molar-refractivity contribution in [1.82, 2.24) is 0 Å². The molecule has 0 radical (unpaired) electrons. The van der Waals surface area contributed by atoms with Gasteiger partial charge in [0.2, 0.25) is 12.9 Å². The first-order valence-corrected chi connectivity index (χ1v) is 9.85. The van der Waals surface area contributed by atoms with Crippen molar-refractivity contribution < 1.29 is 56.4 Å². The first-order chi connectivity index (χ1) is 15.5. The molecule has 1 aliphatic rings. The first kappa shape index (κ1) is 26.2. The normalized spacial score (nSPS) is 14.9. The first-order valence-electron chi connectivity index (χ1n) is 9.06. The average Bonchev–Trinajstić information content (AvgIpc) is 2.71. The largest absolute Gasteiger partial charge is 0.511 e. The van der Waals surface area contributed by atoms with Crippen LogP contribution in [0.15, 0.2) is 22.2 Å². The number of alkyl halides is 3. The van der Waals surface area contributed by atoms with Crippen LogP contribution in [0, 0.1) is 17.0 Å². The van der Waals surface area contributed by atoms with Gasteiger partial charge < -0.3 is 28.5 Å². The molecular formula is C18H17BrF3NO10. The fourth-order valence-corrected chi connectivity index (χ4v) is 3.16. The molecule has 0 saturated heterocycles. The topological polar surface area (TPSA) is 133 Å². The quantitative estimate of drug-likeness (QED) is 0.142. The summed E-state index contributed by atoms with van der Waals surface area (Å²) in [7, 11) is 0. The van der Waals surface area contributed by atoms with E-state index < -0.39 is 41.9 Å². The molecule has 1 aromatic carbocycles. The lowest BCUT2D eigenvalue weighted by Crippen LogP contribution is -2.41. The van der Waals surface area contributed by atoms with Gasteiger partial charge in [-0.2, -0.15) is 13.2 Å². The highest BCUT2D eigenvalue weighted by atomic mass is 79.9. The summed E-state index contributed by atoms with van der Waals surface area (Å²) >= 11 is 3.22. The van der Waals surface area contributed by atoms with Gasteiger partial charge in [-0.25, -0.2) is 9.59 Å². The number of carbonyl (C=O) groups is 2. The molecule has 0 saturated carbocycles. The zero-order valence-electron chi connectivity index (χ0n) is 16.9. The molecule has 0 aliphatic carbocycles. The molecule has 33 heavy (non-hydrogen) atoms. The fraction of sp³-hybridized carbons (Fsp3) is 0.444. The molecule has 0 spiro atoms. The van der Waals surface area contributed by atoms with Crippen LogP contribution in [-0.2, 0) is 28.6 Å². The molecule has 0 fully saturated rings. The van der Waals surface area contributed by atoms with Crippen LogP contribution < -0.4 is 4.74 Å². The third kappa shape index (κ3) is 8.09. The van der Waals surface area contributed by atoms with Gasteiger partial charge in [0, 0.05) is 10.0 Å². The number of nitrogens with zero attached hydrogens (tertiary/aromatic N) is 1. The molecule has 1 aromatic rings. The highest BCUT2D eigenvalue weighted by molar-refractivity contribution is 9.10. The van der Waals surface area contributed by atoms with Crippen molar-refractivity contribution >= 4 is 34.1 Å². The molecule has 1 aliphatic heterocycles. The number of hydrogen-bond donors (Lipinski definition) is 0. The smallest absolute Gasteiger partial charge is 0.475 e. The number of aryl methyl sites for hydroxylation is 1. The van der Waals surface area contributed by atoms with E-state index in [-0.39, 0.29) is 37.7 Å². The van der Waals surface area contributed by atoms with E-state index in [1.165, 1.54) is 6.07 Å². The Hall–Kier alpha value is -3.07. The Morgan fingerprint density at radius 2 is 1.85 bits per heavy atom. The summed E-state index contributed by atoms with van der Waals surface area (Å²) in [6.07, 6.45) is -7.76. The Kier molecular flexibility index (Phi) is 9.28. The molecule has 1 heterocycles. The minimum Gasteiger partial charge on any atom is -0.475 e. The zero-order chi connectivity index (χ0) is 24.6. The number of ether oxygens (including phenoxy) is 5. The average molecular weight is 544 g/mol. The minimum atomic E-state index is -4.91. The Bertz CT molecular complexity index is 921. The molecule has 0 aromatic heterocycles. The maximum Gasteiger partial charge on any atom is 0.511 e. The summed E-state index contributed by atoms with van der Waals surface area (Å²) in [6, 6.07) is 3.04. The predicted molar refractivity (Wildman–Crippen MR) is 104 cm³/mol. The summed E-state index contributed by atoms with van der Waals surface area (Å²) in [6.45, 7) is -0.339. The molecule has 1 atom stereocenters. The zero-order valence-corrected chi connectivity index (χ0v) is 18.5. The van der Waals surface area contributed by atoms with E-state index in [0.29, 0.717) is 10.0 Å². The van der Waals surface area contributed by atoms with Gasteiger partial charge in [0.25, 0.3) is 5.09 Å². The van der Waals surface area contributed by atoms with E-state index in [1.54, 1.807) is 13.0 Å². The molecular weight excluding hydrogens is 527 g/mol.